The molecular formula is C19H25N5O3. The Balaban J connectivity index is 1.58. The van der Waals surface area contributed by atoms with Crippen molar-refractivity contribution in [3.05, 3.63) is 24.1 Å². The van der Waals surface area contributed by atoms with E-state index in [1.54, 1.807) is 12.1 Å². The minimum absolute atomic E-state index is 0.0436. The topological polar surface area (TPSA) is 98.5 Å². The molecule has 0 radical (unpaired) electrons. The highest BCUT2D eigenvalue weighted by Crippen LogP contribution is 2.28. The number of anilines is 1. The standard InChI is InChI=1S/C19H25N5O3/c1-13(2)14(3)21-17(25)12-23-6-8-24(9-7-23)19-15(11-20)22-18(27-19)16-5-4-10-26-16/h4-5,10,13-14H,6-9,12H2,1-3H3,(H,21,25). The van der Waals surface area contributed by atoms with E-state index in [1.807, 2.05) is 11.8 Å². The predicted molar refractivity (Wildman–Crippen MR) is 100 cm³/mol. The number of nitriles is 1. The van der Waals surface area contributed by atoms with Crippen LogP contribution in [0.3, 0.4) is 0 Å². The summed E-state index contributed by atoms with van der Waals surface area (Å²) in [5.74, 6) is 1.71. The van der Waals surface area contributed by atoms with Crippen molar-refractivity contribution in [1.29, 1.82) is 5.26 Å². The van der Waals surface area contributed by atoms with Crippen LogP contribution in [0.2, 0.25) is 0 Å². The number of hydrogen-bond donors (Lipinski definition) is 1. The van der Waals surface area contributed by atoms with Crippen LogP contribution >= 0.6 is 0 Å². The van der Waals surface area contributed by atoms with E-state index in [2.05, 4.69) is 35.1 Å². The van der Waals surface area contributed by atoms with Gasteiger partial charge in [0.05, 0.1) is 12.8 Å². The second-order valence-electron chi connectivity index (χ2n) is 7.13. The van der Waals surface area contributed by atoms with Crippen molar-refractivity contribution in [2.24, 2.45) is 5.92 Å². The number of furan rings is 1. The van der Waals surface area contributed by atoms with Gasteiger partial charge in [0.2, 0.25) is 17.5 Å². The molecule has 1 saturated heterocycles. The minimum Gasteiger partial charge on any atom is -0.459 e. The molecule has 2 aromatic heterocycles. The van der Waals surface area contributed by atoms with Crippen LogP contribution in [-0.2, 0) is 4.79 Å². The van der Waals surface area contributed by atoms with Gasteiger partial charge in [-0.25, -0.2) is 0 Å². The number of oxazole rings is 1. The summed E-state index contributed by atoms with van der Waals surface area (Å²) in [7, 11) is 0. The largest absolute Gasteiger partial charge is 0.459 e. The lowest BCUT2D eigenvalue weighted by Crippen LogP contribution is -2.50. The number of rotatable bonds is 6. The van der Waals surface area contributed by atoms with Crippen LogP contribution in [0.5, 0.6) is 0 Å². The lowest BCUT2D eigenvalue weighted by molar-refractivity contribution is -0.123. The number of piperazine rings is 1. The zero-order valence-corrected chi connectivity index (χ0v) is 15.9. The fourth-order valence-corrected chi connectivity index (χ4v) is 2.88. The molecule has 1 unspecified atom stereocenters. The number of nitrogens with zero attached hydrogens (tertiary/aromatic N) is 4. The van der Waals surface area contributed by atoms with E-state index in [0.29, 0.717) is 56.2 Å². The average molecular weight is 371 g/mol. The number of aromatic nitrogens is 1. The van der Waals surface area contributed by atoms with Crippen molar-refractivity contribution in [3.63, 3.8) is 0 Å². The second-order valence-corrected chi connectivity index (χ2v) is 7.13. The van der Waals surface area contributed by atoms with Gasteiger partial charge in [-0.3, -0.25) is 9.69 Å². The summed E-state index contributed by atoms with van der Waals surface area (Å²) in [6, 6.07) is 5.73. The molecule has 1 fully saturated rings. The van der Waals surface area contributed by atoms with E-state index >= 15 is 0 Å². The Labute approximate surface area is 158 Å². The van der Waals surface area contributed by atoms with E-state index in [0.717, 1.165) is 0 Å². The number of amides is 1. The van der Waals surface area contributed by atoms with Crippen LogP contribution in [0.25, 0.3) is 11.7 Å². The second kappa shape index (κ2) is 8.27. The minimum atomic E-state index is 0.0436. The molecule has 144 valence electrons. The van der Waals surface area contributed by atoms with Gasteiger partial charge in [-0.15, -0.1) is 0 Å². The fraction of sp³-hybridized carbons (Fsp3) is 0.526. The van der Waals surface area contributed by atoms with Gasteiger partial charge in [-0.2, -0.15) is 10.2 Å². The molecule has 1 aliphatic rings. The fourth-order valence-electron chi connectivity index (χ4n) is 2.88. The van der Waals surface area contributed by atoms with E-state index in [9.17, 15) is 10.1 Å². The maximum absolute atomic E-state index is 12.2. The van der Waals surface area contributed by atoms with Crippen molar-refractivity contribution < 1.29 is 13.6 Å². The molecule has 1 amide bonds. The maximum Gasteiger partial charge on any atom is 0.266 e. The van der Waals surface area contributed by atoms with Gasteiger partial charge in [-0.1, -0.05) is 13.8 Å². The molecule has 3 rings (SSSR count). The van der Waals surface area contributed by atoms with E-state index in [-0.39, 0.29) is 17.6 Å². The summed E-state index contributed by atoms with van der Waals surface area (Å²) in [5, 5.41) is 12.4. The molecule has 1 atom stereocenters. The lowest BCUT2D eigenvalue weighted by atomic mass is 10.1. The van der Waals surface area contributed by atoms with Gasteiger partial charge < -0.3 is 19.1 Å². The highest BCUT2D eigenvalue weighted by Gasteiger charge is 2.26. The number of nitrogens with one attached hydrogen (secondary N) is 1. The quantitative estimate of drug-likeness (QED) is 0.830. The van der Waals surface area contributed by atoms with Gasteiger partial charge in [-0.05, 0) is 25.0 Å². The van der Waals surface area contributed by atoms with Gasteiger partial charge in [0.1, 0.15) is 6.07 Å². The van der Waals surface area contributed by atoms with Crippen LogP contribution in [0, 0.1) is 17.2 Å². The third-order valence-corrected chi connectivity index (χ3v) is 4.86. The molecule has 0 saturated carbocycles. The Morgan fingerprint density at radius 3 is 2.67 bits per heavy atom. The third-order valence-electron chi connectivity index (χ3n) is 4.86. The highest BCUT2D eigenvalue weighted by molar-refractivity contribution is 5.78. The van der Waals surface area contributed by atoms with Crippen LogP contribution in [-0.4, -0.2) is 54.6 Å². The third kappa shape index (κ3) is 4.49. The Hall–Kier alpha value is -2.79. The molecule has 0 bridgehead atoms. The first-order valence-electron chi connectivity index (χ1n) is 9.19. The van der Waals surface area contributed by atoms with Gasteiger partial charge >= 0.3 is 0 Å². The molecule has 0 aliphatic carbocycles. The van der Waals surface area contributed by atoms with Gasteiger partial charge in [0, 0.05) is 32.2 Å². The summed E-state index contributed by atoms with van der Waals surface area (Å²) in [6.07, 6.45) is 1.54. The summed E-state index contributed by atoms with van der Waals surface area (Å²) in [4.78, 5) is 20.5. The Morgan fingerprint density at radius 1 is 1.33 bits per heavy atom. The number of carbonyl (C=O) groups is 1. The van der Waals surface area contributed by atoms with E-state index < -0.39 is 0 Å². The molecule has 0 spiro atoms. The lowest BCUT2D eigenvalue weighted by Gasteiger charge is -2.34. The van der Waals surface area contributed by atoms with Crippen LogP contribution in [0.15, 0.2) is 27.2 Å². The first-order valence-corrected chi connectivity index (χ1v) is 9.19. The zero-order valence-electron chi connectivity index (χ0n) is 15.9. The normalized spacial score (nSPS) is 16.3. The molecule has 1 aliphatic heterocycles. The van der Waals surface area contributed by atoms with Crippen LogP contribution in [0.4, 0.5) is 5.88 Å². The number of carbonyl (C=O) groups excluding carboxylic acids is 1. The maximum atomic E-state index is 12.2. The molecule has 27 heavy (non-hydrogen) atoms. The SMILES string of the molecule is CC(C)C(C)NC(=O)CN1CCN(c2oc(-c3ccco3)nc2C#N)CC1. The van der Waals surface area contributed by atoms with Crippen LogP contribution in [0.1, 0.15) is 26.5 Å². The van der Waals surface area contributed by atoms with Gasteiger partial charge in [0.15, 0.2) is 5.76 Å². The molecule has 8 heteroatoms. The number of hydrogen-bond acceptors (Lipinski definition) is 7. The molecule has 1 N–H and O–H groups in total. The molecule has 8 nitrogen and oxygen atoms in total. The Kier molecular flexibility index (Phi) is 5.81. The predicted octanol–water partition coefficient (Wildman–Crippen LogP) is 2.09. The smallest absolute Gasteiger partial charge is 0.266 e. The van der Waals surface area contributed by atoms with E-state index in [1.165, 1.54) is 6.26 Å². The van der Waals surface area contributed by atoms with Crippen molar-refractivity contribution in [2.75, 3.05) is 37.6 Å². The van der Waals surface area contributed by atoms with E-state index in [4.69, 9.17) is 8.83 Å². The van der Waals surface area contributed by atoms with Gasteiger partial charge in [0.25, 0.3) is 5.89 Å². The van der Waals surface area contributed by atoms with Crippen molar-refractivity contribution in [1.82, 2.24) is 15.2 Å². The monoisotopic (exact) mass is 371 g/mol. The zero-order chi connectivity index (χ0) is 19.4. The Bertz CT molecular complexity index is 798. The van der Waals surface area contributed by atoms with Crippen LogP contribution < -0.4 is 10.2 Å². The first kappa shape index (κ1) is 19.0. The highest BCUT2D eigenvalue weighted by atomic mass is 16.4. The van der Waals surface area contributed by atoms with Crippen molar-refractivity contribution in [2.45, 2.75) is 26.8 Å². The molecule has 0 aromatic carbocycles. The average Bonchev–Trinajstić information content (AvgIpc) is 3.31. The summed E-state index contributed by atoms with van der Waals surface area (Å²) >= 11 is 0. The molecule has 2 aromatic rings. The first-order chi connectivity index (χ1) is 13.0. The van der Waals surface area contributed by atoms with Crippen molar-refractivity contribution in [3.8, 4) is 17.7 Å². The summed E-state index contributed by atoms with van der Waals surface area (Å²) < 4.78 is 11.1. The molecular weight excluding hydrogens is 346 g/mol. The van der Waals surface area contributed by atoms with Crippen molar-refractivity contribution >= 4 is 11.8 Å². The Morgan fingerprint density at radius 2 is 2.07 bits per heavy atom. The molecule has 3 heterocycles. The summed E-state index contributed by atoms with van der Waals surface area (Å²) in [5.41, 5.74) is 0.248. The summed E-state index contributed by atoms with van der Waals surface area (Å²) in [6.45, 7) is 9.32.